The molecule has 1 aromatic rings. The molecule has 18 heavy (non-hydrogen) atoms. The van der Waals surface area contributed by atoms with Crippen LogP contribution in [0.15, 0.2) is 30.3 Å². The van der Waals surface area contributed by atoms with Crippen molar-refractivity contribution in [3.05, 3.63) is 35.9 Å². The maximum absolute atomic E-state index is 11.6. The zero-order valence-corrected chi connectivity index (χ0v) is 11.0. The highest BCUT2D eigenvalue weighted by atomic mass is 32.2. The minimum absolute atomic E-state index is 0.119. The number of nitrogens with zero attached hydrogens (tertiary/aromatic N) is 1. The van der Waals surface area contributed by atoms with Gasteiger partial charge in [-0.05, 0) is 12.0 Å². The van der Waals surface area contributed by atoms with E-state index in [0.29, 0.717) is 0 Å². The molecule has 0 fully saturated rings. The number of benzene rings is 1. The monoisotopic (exact) mass is 272 g/mol. The Bertz CT molecular complexity index is 501. The van der Waals surface area contributed by atoms with E-state index in [9.17, 15) is 13.2 Å². The van der Waals surface area contributed by atoms with Gasteiger partial charge in [0.1, 0.15) is 6.04 Å². The molecule has 0 bridgehead atoms. The minimum Gasteiger partial charge on any atom is -0.480 e. The van der Waals surface area contributed by atoms with Gasteiger partial charge in [-0.1, -0.05) is 30.3 Å². The first-order chi connectivity index (χ1) is 8.38. The standard InChI is InChI=1S/C11H16N2O4S/c1-12-18(16,17)13(2)10(11(14)15)8-9-6-4-3-5-7-9/h3-7,10,12H,8H2,1-2H3,(H,14,15)/t10-/m0/s1. The van der Waals surface area contributed by atoms with Crippen molar-refractivity contribution < 1.29 is 18.3 Å². The number of carboxylic acid groups (broad SMARTS) is 1. The number of likely N-dealkylation sites (N-methyl/N-ethyl adjacent to an activating group) is 1. The zero-order chi connectivity index (χ0) is 13.8. The van der Waals surface area contributed by atoms with Crippen LogP contribution in [0.25, 0.3) is 0 Å². The van der Waals surface area contributed by atoms with Crippen LogP contribution in [0, 0.1) is 0 Å². The van der Waals surface area contributed by atoms with Crippen molar-refractivity contribution in [1.29, 1.82) is 0 Å². The predicted octanol–water partition coefficient (Wildman–Crippen LogP) is 0.0783. The van der Waals surface area contributed by atoms with Gasteiger partial charge < -0.3 is 5.11 Å². The number of nitrogens with one attached hydrogen (secondary N) is 1. The number of carboxylic acids is 1. The average molecular weight is 272 g/mol. The van der Waals surface area contributed by atoms with Gasteiger partial charge in [-0.25, -0.2) is 4.72 Å². The molecule has 1 rings (SSSR count). The lowest BCUT2D eigenvalue weighted by Crippen LogP contribution is -2.47. The van der Waals surface area contributed by atoms with Gasteiger partial charge in [-0.15, -0.1) is 0 Å². The summed E-state index contributed by atoms with van der Waals surface area (Å²) in [6.07, 6.45) is 0.119. The van der Waals surface area contributed by atoms with E-state index < -0.39 is 22.2 Å². The SMILES string of the molecule is CNS(=O)(=O)N(C)[C@@H](Cc1ccccc1)C(=O)O. The second-order valence-corrected chi connectivity index (χ2v) is 5.70. The topological polar surface area (TPSA) is 86.7 Å². The second-order valence-electron chi connectivity index (χ2n) is 3.77. The fraction of sp³-hybridized carbons (Fsp3) is 0.364. The lowest BCUT2D eigenvalue weighted by atomic mass is 10.1. The van der Waals surface area contributed by atoms with Crippen LogP contribution < -0.4 is 4.72 Å². The molecule has 0 radical (unpaired) electrons. The fourth-order valence-electron chi connectivity index (χ4n) is 1.52. The Kier molecular flexibility index (Phi) is 4.83. The van der Waals surface area contributed by atoms with Gasteiger partial charge >= 0.3 is 5.97 Å². The third-order valence-corrected chi connectivity index (χ3v) is 4.16. The second kappa shape index (κ2) is 5.94. The molecule has 0 saturated heterocycles. The molecule has 0 aliphatic rings. The molecule has 0 aromatic heterocycles. The van der Waals surface area contributed by atoms with Gasteiger partial charge in [-0.2, -0.15) is 12.7 Å². The minimum atomic E-state index is -3.76. The molecule has 0 spiro atoms. The molecule has 0 amide bonds. The van der Waals surface area contributed by atoms with Crippen LogP contribution in [0.1, 0.15) is 5.56 Å². The molecule has 0 aliphatic heterocycles. The normalized spacial score (nSPS) is 13.5. The lowest BCUT2D eigenvalue weighted by Gasteiger charge is -2.23. The fourth-order valence-corrected chi connectivity index (χ4v) is 2.31. The largest absolute Gasteiger partial charge is 0.480 e. The summed E-state index contributed by atoms with van der Waals surface area (Å²) >= 11 is 0. The third-order valence-electron chi connectivity index (χ3n) is 2.63. The average Bonchev–Trinajstić information content (AvgIpc) is 2.36. The van der Waals surface area contributed by atoms with Crippen LogP contribution in [-0.2, 0) is 21.4 Å². The molecule has 1 atom stereocenters. The number of carbonyl (C=O) groups is 1. The van der Waals surface area contributed by atoms with Crippen LogP contribution in [0.3, 0.4) is 0 Å². The van der Waals surface area contributed by atoms with Gasteiger partial charge in [0.15, 0.2) is 0 Å². The number of hydrogen-bond acceptors (Lipinski definition) is 3. The van der Waals surface area contributed by atoms with E-state index in [2.05, 4.69) is 4.72 Å². The Morgan fingerprint density at radius 1 is 1.39 bits per heavy atom. The maximum atomic E-state index is 11.6. The molecule has 7 heteroatoms. The third kappa shape index (κ3) is 3.52. The van der Waals surface area contributed by atoms with E-state index in [1.54, 1.807) is 24.3 Å². The van der Waals surface area contributed by atoms with Crippen molar-refractivity contribution >= 4 is 16.2 Å². The van der Waals surface area contributed by atoms with Gasteiger partial charge in [0.2, 0.25) is 0 Å². The van der Waals surface area contributed by atoms with Crippen LogP contribution in [0.5, 0.6) is 0 Å². The quantitative estimate of drug-likeness (QED) is 0.767. The summed E-state index contributed by atoms with van der Waals surface area (Å²) in [5.74, 6) is -1.18. The first kappa shape index (κ1) is 14.6. The molecule has 0 unspecified atom stereocenters. The van der Waals surface area contributed by atoms with Crippen molar-refractivity contribution in [2.24, 2.45) is 0 Å². The van der Waals surface area contributed by atoms with Crippen molar-refractivity contribution in [3.8, 4) is 0 Å². The van der Waals surface area contributed by atoms with Gasteiger partial charge in [0.25, 0.3) is 10.2 Å². The van der Waals surface area contributed by atoms with E-state index in [0.717, 1.165) is 9.87 Å². The molecule has 2 N–H and O–H groups in total. The van der Waals surface area contributed by atoms with E-state index >= 15 is 0 Å². The summed E-state index contributed by atoms with van der Waals surface area (Å²) in [4.78, 5) is 11.2. The number of rotatable bonds is 6. The van der Waals surface area contributed by atoms with Crippen LogP contribution in [0.2, 0.25) is 0 Å². The van der Waals surface area contributed by atoms with Crippen molar-refractivity contribution in [2.75, 3.05) is 14.1 Å². The summed E-state index contributed by atoms with van der Waals surface area (Å²) in [6, 6.07) is 7.75. The van der Waals surface area contributed by atoms with Gasteiger partial charge in [0.05, 0.1) is 0 Å². The number of aliphatic carboxylic acids is 1. The molecule has 1 aromatic carbocycles. The Morgan fingerprint density at radius 2 is 1.94 bits per heavy atom. The van der Waals surface area contributed by atoms with Crippen molar-refractivity contribution in [1.82, 2.24) is 9.03 Å². The summed E-state index contributed by atoms with van der Waals surface area (Å²) in [6.45, 7) is 0. The first-order valence-electron chi connectivity index (χ1n) is 5.31. The molecule has 100 valence electrons. The smallest absolute Gasteiger partial charge is 0.322 e. The van der Waals surface area contributed by atoms with Gasteiger partial charge in [-0.3, -0.25) is 4.79 Å². The summed E-state index contributed by atoms with van der Waals surface area (Å²) in [7, 11) is -1.27. The predicted molar refractivity (Wildman–Crippen MR) is 67.3 cm³/mol. The molecule has 0 saturated carbocycles. The summed E-state index contributed by atoms with van der Waals surface area (Å²) in [5, 5.41) is 9.13. The van der Waals surface area contributed by atoms with Crippen LogP contribution >= 0.6 is 0 Å². The Balaban J connectivity index is 2.95. The highest BCUT2D eigenvalue weighted by Gasteiger charge is 2.30. The van der Waals surface area contributed by atoms with E-state index in [1.807, 2.05) is 6.07 Å². The Hall–Kier alpha value is -1.44. The summed E-state index contributed by atoms with van der Waals surface area (Å²) in [5.41, 5.74) is 0.767. The zero-order valence-electron chi connectivity index (χ0n) is 10.2. The first-order valence-corrected chi connectivity index (χ1v) is 6.75. The highest BCUT2D eigenvalue weighted by molar-refractivity contribution is 7.87. The molecule has 0 heterocycles. The van der Waals surface area contributed by atoms with E-state index in [-0.39, 0.29) is 6.42 Å². The summed E-state index contributed by atoms with van der Waals surface area (Å²) < 4.78 is 26.1. The van der Waals surface area contributed by atoms with Crippen molar-refractivity contribution in [2.45, 2.75) is 12.5 Å². The van der Waals surface area contributed by atoms with Crippen LogP contribution in [-0.4, -0.2) is 43.9 Å². The van der Waals surface area contributed by atoms with Gasteiger partial charge in [0, 0.05) is 14.1 Å². The van der Waals surface area contributed by atoms with E-state index in [4.69, 9.17) is 5.11 Å². The Labute approximate surface area is 106 Å². The van der Waals surface area contributed by atoms with Crippen molar-refractivity contribution in [3.63, 3.8) is 0 Å². The lowest BCUT2D eigenvalue weighted by molar-refractivity contribution is -0.141. The maximum Gasteiger partial charge on any atom is 0.322 e. The molecule has 0 aliphatic carbocycles. The Morgan fingerprint density at radius 3 is 2.39 bits per heavy atom. The highest BCUT2D eigenvalue weighted by Crippen LogP contribution is 2.10. The number of hydrogen-bond donors (Lipinski definition) is 2. The molecular formula is C11H16N2O4S. The van der Waals surface area contributed by atoms with E-state index in [1.165, 1.54) is 14.1 Å². The molecular weight excluding hydrogens is 256 g/mol. The van der Waals surface area contributed by atoms with Crippen LogP contribution in [0.4, 0.5) is 0 Å². The molecule has 6 nitrogen and oxygen atoms in total.